The lowest BCUT2D eigenvalue weighted by Crippen LogP contribution is -2.48. The van der Waals surface area contributed by atoms with Gasteiger partial charge in [-0.1, -0.05) is 39.8 Å². The van der Waals surface area contributed by atoms with Crippen molar-refractivity contribution in [2.75, 3.05) is 45.8 Å². The van der Waals surface area contributed by atoms with Gasteiger partial charge in [0.15, 0.2) is 5.82 Å². The molecular formula is C19H35N5O2. The molecule has 2 rings (SSSR count). The molecule has 1 unspecified atom stereocenters. The normalized spacial score (nSPS) is 18.0. The minimum atomic E-state index is -0.137. The van der Waals surface area contributed by atoms with Gasteiger partial charge in [0, 0.05) is 57.5 Å². The number of nitrogens with zero attached hydrogens (tertiary/aromatic N) is 4. The van der Waals surface area contributed by atoms with Crippen LogP contribution in [0.3, 0.4) is 0 Å². The van der Waals surface area contributed by atoms with Crippen LogP contribution in [0.25, 0.3) is 0 Å². The van der Waals surface area contributed by atoms with Gasteiger partial charge in [-0.25, -0.2) is 0 Å². The van der Waals surface area contributed by atoms with E-state index in [0.29, 0.717) is 37.0 Å². The van der Waals surface area contributed by atoms with E-state index in [1.54, 1.807) is 0 Å². The number of hydrogen-bond acceptors (Lipinski definition) is 6. The summed E-state index contributed by atoms with van der Waals surface area (Å²) < 4.78 is 5.23. The average Bonchev–Trinajstić information content (AvgIpc) is 3.08. The Bertz CT molecular complexity index is 559. The van der Waals surface area contributed by atoms with Crippen LogP contribution in [0, 0.1) is 5.92 Å². The number of amides is 1. The Balaban J connectivity index is 1.63. The van der Waals surface area contributed by atoms with Crippen molar-refractivity contribution in [3.05, 3.63) is 11.7 Å². The number of rotatable bonds is 8. The zero-order valence-electron chi connectivity index (χ0n) is 17.0. The molecule has 148 valence electrons. The number of nitrogens with one attached hydrogen (secondary N) is 1. The van der Waals surface area contributed by atoms with Crippen LogP contribution in [-0.2, 0) is 16.6 Å². The van der Waals surface area contributed by atoms with Crippen LogP contribution >= 0.6 is 0 Å². The summed E-state index contributed by atoms with van der Waals surface area (Å²) in [7, 11) is 0. The van der Waals surface area contributed by atoms with Crippen LogP contribution in [0.1, 0.15) is 52.8 Å². The maximum absolute atomic E-state index is 12.1. The van der Waals surface area contributed by atoms with Crippen molar-refractivity contribution >= 4 is 5.91 Å². The van der Waals surface area contributed by atoms with E-state index in [2.05, 4.69) is 39.1 Å². The molecule has 0 spiro atoms. The lowest BCUT2D eigenvalue weighted by Gasteiger charge is -2.35. The molecule has 1 aliphatic heterocycles. The molecule has 0 bridgehead atoms. The molecule has 1 N–H and O–H groups in total. The SMILES string of the molecule is CCN1CCN(CC(C)CNC(=O)CCc2nc(C(C)(C)C)no2)CC1. The second-order valence-electron chi connectivity index (χ2n) is 8.41. The highest BCUT2D eigenvalue weighted by atomic mass is 16.5. The van der Waals surface area contributed by atoms with Crippen molar-refractivity contribution in [3.8, 4) is 0 Å². The van der Waals surface area contributed by atoms with Gasteiger partial charge < -0.3 is 19.6 Å². The molecular weight excluding hydrogens is 330 g/mol. The lowest BCUT2D eigenvalue weighted by molar-refractivity contribution is -0.121. The summed E-state index contributed by atoms with van der Waals surface area (Å²) in [6.07, 6.45) is 0.871. The van der Waals surface area contributed by atoms with Gasteiger partial charge in [0.25, 0.3) is 0 Å². The molecule has 7 nitrogen and oxygen atoms in total. The smallest absolute Gasteiger partial charge is 0.227 e. The number of likely N-dealkylation sites (N-methyl/N-ethyl adjacent to an activating group) is 1. The topological polar surface area (TPSA) is 74.5 Å². The van der Waals surface area contributed by atoms with E-state index in [9.17, 15) is 4.79 Å². The molecule has 1 aliphatic rings. The predicted octanol–water partition coefficient (Wildman–Crippen LogP) is 1.69. The average molecular weight is 366 g/mol. The van der Waals surface area contributed by atoms with Gasteiger partial charge in [0.05, 0.1) is 0 Å². The van der Waals surface area contributed by atoms with Gasteiger partial charge >= 0.3 is 0 Å². The number of carbonyl (C=O) groups excluding carboxylic acids is 1. The summed E-state index contributed by atoms with van der Waals surface area (Å²) in [6, 6.07) is 0. The third-order valence-corrected chi connectivity index (χ3v) is 4.83. The lowest BCUT2D eigenvalue weighted by atomic mass is 9.96. The minimum absolute atomic E-state index is 0.0446. The number of piperazine rings is 1. The van der Waals surface area contributed by atoms with Gasteiger partial charge in [-0.3, -0.25) is 4.79 Å². The van der Waals surface area contributed by atoms with Crippen molar-refractivity contribution in [3.63, 3.8) is 0 Å². The summed E-state index contributed by atoms with van der Waals surface area (Å²) in [4.78, 5) is 21.4. The Hall–Kier alpha value is -1.47. The fraction of sp³-hybridized carbons (Fsp3) is 0.842. The van der Waals surface area contributed by atoms with Crippen molar-refractivity contribution in [1.82, 2.24) is 25.3 Å². The first-order chi connectivity index (χ1) is 12.3. The molecule has 0 radical (unpaired) electrons. The second-order valence-corrected chi connectivity index (χ2v) is 8.41. The summed E-state index contributed by atoms with van der Waals surface area (Å²) in [6.45, 7) is 18.0. The van der Waals surface area contributed by atoms with Crippen LogP contribution in [0.4, 0.5) is 0 Å². The maximum Gasteiger partial charge on any atom is 0.227 e. The second kappa shape index (κ2) is 9.46. The van der Waals surface area contributed by atoms with Crippen molar-refractivity contribution in [1.29, 1.82) is 0 Å². The Morgan fingerprint density at radius 2 is 1.88 bits per heavy atom. The molecule has 0 saturated carbocycles. The first kappa shape index (κ1) is 20.8. The van der Waals surface area contributed by atoms with Crippen LogP contribution < -0.4 is 5.32 Å². The van der Waals surface area contributed by atoms with E-state index in [1.165, 1.54) is 0 Å². The molecule has 0 aromatic carbocycles. The van der Waals surface area contributed by atoms with Crippen molar-refractivity contribution in [2.24, 2.45) is 5.92 Å². The quantitative estimate of drug-likeness (QED) is 0.756. The molecule has 0 aliphatic carbocycles. The van der Waals surface area contributed by atoms with Gasteiger partial charge in [-0.2, -0.15) is 4.98 Å². The highest BCUT2D eigenvalue weighted by Gasteiger charge is 2.21. The van der Waals surface area contributed by atoms with E-state index in [-0.39, 0.29) is 11.3 Å². The van der Waals surface area contributed by atoms with Gasteiger partial charge in [0.2, 0.25) is 11.8 Å². The summed E-state index contributed by atoms with van der Waals surface area (Å²) in [5.74, 6) is 1.71. The summed E-state index contributed by atoms with van der Waals surface area (Å²) in [5.41, 5.74) is -0.137. The van der Waals surface area contributed by atoms with E-state index in [0.717, 1.165) is 39.3 Å². The number of aryl methyl sites for hydroxylation is 1. The monoisotopic (exact) mass is 365 g/mol. The molecule has 1 aromatic heterocycles. The molecule has 2 heterocycles. The van der Waals surface area contributed by atoms with E-state index >= 15 is 0 Å². The molecule has 1 amide bonds. The van der Waals surface area contributed by atoms with Gasteiger partial charge in [0.1, 0.15) is 0 Å². The van der Waals surface area contributed by atoms with Crippen LogP contribution in [0.2, 0.25) is 0 Å². The predicted molar refractivity (Wildman–Crippen MR) is 102 cm³/mol. The standard InChI is InChI=1S/C19H35N5O2/c1-6-23-9-11-24(12-10-23)14-15(2)13-20-16(25)7-8-17-21-18(22-26-17)19(3,4)5/h15H,6-14H2,1-5H3,(H,20,25). The zero-order chi connectivity index (χ0) is 19.2. The van der Waals surface area contributed by atoms with Crippen molar-refractivity contribution < 1.29 is 9.32 Å². The van der Waals surface area contributed by atoms with Gasteiger partial charge in [-0.15, -0.1) is 0 Å². The minimum Gasteiger partial charge on any atom is -0.356 e. The number of carbonyl (C=O) groups is 1. The molecule has 1 atom stereocenters. The highest BCUT2D eigenvalue weighted by Crippen LogP contribution is 2.18. The largest absolute Gasteiger partial charge is 0.356 e. The van der Waals surface area contributed by atoms with Gasteiger partial charge in [-0.05, 0) is 12.5 Å². The van der Waals surface area contributed by atoms with Crippen LogP contribution in [0.5, 0.6) is 0 Å². The van der Waals surface area contributed by atoms with E-state index < -0.39 is 0 Å². The van der Waals surface area contributed by atoms with Crippen LogP contribution in [0.15, 0.2) is 4.52 Å². The number of hydrogen-bond donors (Lipinski definition) is 1. The zero-order valence-corrected chi connectivity index (χ0v) is 17.0. The van der Waals surface area contributed by atoms with E-state index in [1.807, 2.05) is 20.8 Å². The Labute approximate surface area is 157 Å². The first-order valence-electron chi connectivity index (χ1n) is 9.82. The first-order valence-corrected chi connectivity index (χ1v) is 9.82. The van der Waals surface area contributed by atoms with Crippen LogP contribution in [-0.4, -0.2) is 71.7 Å². The Morgan fingerprint density at radius 3 is 2.46 bits per heavy atom. The third kappa shape index (κ3) is 6.68. The molecule has 1 aromatic rings. The maximum atomic E-state index is 12.1. The summed E-state index contributed by atoms with van der Waals surface area (Å²) in [5, 5.41) is 7.02. The fourth-order valence-electron chi connectivity index (χ4n) is 3.05. The Kier molecular flexibility index (Phi) is 7.58. The molecule has 1 saturated heterocycles. The summed E-state index contributed by atoms with van der Waals surface area (Å²) >= 11 is 0. The van der Waals surface area contributed by atoms with E-state index in [4.69, 9.17) is 4.52 Å². The fourth-order valence-corrected chi connectivity index (χ4v) is 3.05. The van der Waals surface area contributed by atoms with Crippen molar-refractivity contribution in [2.45, 2.75) is 52.9 Å². The molecule has 1 fully saturated rings. The molecule has 26 heavy (non-hydrogen) atoms. The highest BCUT2D eigenvalue weighted by molar-refractivity contribution is 5.75. The number of aromatic nitrogens is 2. The Morgan fingerprint density at radius 1 is 1.23 bits per heavy atom. The third-order valence-electron chi connectivity index (χ3n) is 4.83. The molecule has 7 heteroatoms.